The van der Waals surface area contributed by atoms with Gasteiger partial charge in [-0.15, -0.1) is 11.3 Å². The van der Waals surface area contributed by atoms with Gasteiger partial charge in [0, 0.05) is 22.8 Å². The number of hydrogen-bond acceptors (Lipinski definition) is 4. The van der Waals surface area contributed by atoms with Crippen LogP contribution in [0.4, 0.5) is 5.69 Å². The lowest BCUT2D eigenvalue weighted by atomic mass is 10.2. The molecule has 0 aliphatic carbocycles. The zero-order chi connectivity index (χ0) is 21.1. The van der Waals surface area contributed by atoms with Crippen LogP contribution in [0.1, 0.15) is 11.1 Å². The van der Waals surface area contributed by atoms with Crippen LogP contribution >= 0.6 is 22.9 Å². The monoisotopic (exact) mass is 435 g/mol. The van der Waals surface area contributed by atoms with Crippen LogP contribution in [0.5, 0.6) is 0 Å². The van der Waals surface area contributed by atoms with Gasteiger partial charge < -0.3 is 10.6 Å². The minimum absolute atomic E-state index is 0.182. The maximum absolute atomic E-state index is 12.2. The Morgan fingerprint density at radius 1 is 1.00 bits per heavy atom. The van der Waals surface area contributed by atoms with E-state index in [0.717, 1.165) is 26.4 Å². The van der Waals surface area contributed by atoms with Crippen LogP contribution in [0.25, 0.3) is 20.8 Å². The Kier molecular flexibility index (Phi) is 5.79. The molecule has 1 heterocycles. The van der Waals surface area contributed by atoms with Crippen molar-refractivity contribution in [1.29, 1.82) is 0 Å². The summed E-state index contributed by atoms with van der Waals surface area (Å²) in [4.78, 5) is 28.9. The van der Waals surface area contributed by atoms with Crippen molar-refractivity contribution in [2.75, 3.05) is 5.32 Å². The molecule has 150 valence electrons. The molecule has 5 nitrogen and oxygen atoms in total. The number of aryl methyl sites for hydroxylation is 1. The maximum Gasteiger partial charge on any atom is 0.313 e. The van der Waals surface area contributed by atoms with E-state index in [-0.39, 0.29) is 6.54 Å². The van der Waals surface area contributed by atoms with Crippen LogP contribution in [-0.2, 0) is 16.1 Å². The van der Waals surface area contributed by atoms with Gasteiger partial charge in [-0.1, -0.05) is 35.9 Å². The third kappa shape index (κ3) is 4.50. The molecule has 0 fully saturated rings. The number of carbonyl (C=O) groups is 2. The van der Waals surface area contributed by atoms with Crippen LogP contribution in [0.15, 0.2) is 66.7 Å². The van der Waals surface area contributed by atoms with E-state index in [9.17, 15) is 9.59 Å². The van der Waals surface area contributed by atoms with Crippen LogP contribution in [0.2, 0.25) is 5.02 Å². The summed E-state index contributed by atoms with van der Waals surface area (Å²) in [6, 6.07) is 20.6. The summed E-state index contributed by atoms with van der Waals surface area (Å²) in [6.07, 6.45) is 0. The molecule has 0 spiro atoms. The Morgan fingerprint density at radius 3 is 2.53 bits per heavy atom. The second-order valence-electron chi connectivity index (χ2n) is 6.80. The molecule has 0 aliphatic rings. The topological polar surface area (TPSA) is 71.1 Å². The molecule has 7 heteroatoms. The van der Waals surface area contributed by atoms with Gasteiger partial charge in [-0.3, -0.25) is 9.59 Å². The smallest absolute Gasteiger partial charge is 0.313 e. The molecular formula is C23H18ClN3O2S. The summed E-state index contributed by atoms with van der Waals surface area (Å²) in [5.74, 6) is -1.45. The first-order valence-electron chi connectivity index (χ1n) is 9.30. The first-order valence-corrected chi connectivity index (χ1v) is 10.5. The largest absolute Gasteiger partial charge is 0.344 e. The van der Waals surface area contributed by atoms with Crippen LogP contribution in [0, 0.1) is 6.92 Å². The summed E-state index contributed by atoms with van der Waals surface area (Å²) < 4.78 is 1.14. The first-order chi connectivity index (χ1) is 14.5. The number of halogens is 1. The Morgan fingerprint density at radius 2 is 1.77 bits per heavy atom. The fraction of sp³-hybridized carbons (Fsp3) is 0.0870. The van der Waals surface area contributed by atoms with E-state index >= 15 is 0 Å². The van der Waals surface area contributed by atoms with Crippen molar-refractivity contribution in [2.24, 2.45) is 0 Å². The van der Waals surface area contributed by atoms with E-state index in [4.69, 9.17) is 11.6 Å². The number of fused-ring (bicyclic) bond motifs is 1. The highest BCUT2D eigenvalue weighted by Crippen LogP contribution is 2.31. The van der Waals surface area contributed by atoms with Gasteiger partial charge in [-0.25, -0.2) is 4.98 Å². The molecule has 0 saturated carbocycles. The molecular weight excluding hydrogens is 418 g/mol. The number of rotatable bonds is 4. The molecule has 0 aliphatic heterocycles. The predicted octanol–water partition coefficient (Wildman–Crippen LogP) is 5.18. The van der Waals surface area contributed by atoms with Crippen LogP contribution in [-0.4, -0.2) is 16.8 Å². The normalized spacial score (nSPS) is 10.7. The summed E-state index contributed by atoms with van der Waals surface area (Å²) in [5.41, 5.74) is 4.40. The minimum Gasteiger partial charge on any atom is -0.344 e. The van der Waals surface area contributed by atoms with Gasteiger partial charge in [0.25, 0.3) is 0 Å². The summed E-state index contributed by atoms with van der Waals surface area (Å²) in [7, 11) is 0. The fourth-order valence-electron chi connectivity index (χ4n) is 2.94. The molecule has 3 aromatic carbocycles. The average Bonchev–Trinajstić information content (AvgIpc) is 3.16. The minimum atomic E-state index is -0.731. The number of hydrogen-bond donors (Lipinski definition) is 2. The predicted molar refractivity (Wildman–Crippen MR) is 122 cm³/mol. The average molecular weight is 436 g/mol. The summed E-state index contributed by atoms with van der Waals surface area (Å²) in [6.45, 7) is 2.24. The molecule has 4 aromatic rings. The van der Waals surface area contributed by atoms with E-state index < -0.39 is 11.8 Å². The third-order valence-electron chi connectivity index (χ3n) is 4.54. The Labute approximate surface area is 182 Å². The standard InChI is InChI=1S/C23H18ClN3O2S/c1-14-6-11-19-20(12-14)30-23(27-19)15-7-9-17(10-8-15)26-22(29)21(28)25-13-16-4-2-3-5-18(16)24/h2-12H,13H2,1H3,(H,25,28)(H,26,29). The number of carbonyl (C=O) groups excluding carboxylic acids is 2. The van der Waals surface area contributed by atoms with Gasteiger partial charge in [-0.2, -0.15) is 0 Å². The van der Waals surface area contributed by atoms with Gasteiger partial charge in [-0.05, 0) is 60.5 Å². The Hall–Kier alpha value is -3.22. The quantitative estimate of drug-likeness (QED) is 0.434. The molecule has 4 rings (SSSR count). The number of amides is 2. The van der Waals surface area contributed by atoms with Crippen molar-refractivity contribution in [2.45, 2.75) is 13.5 Å². The fourth-order valence-corrected chi connectivity index (χ4v) is 4.21. The second kappa shape index (κ2) is 8.65. The molecule has 0 unspecified atom stereocenters. The summed E-state index contributed by atoms with van der Waals surface area (Å²) >= 11 is 7.68. The Bertz CT molecular complexity index is 1230. The molecule has 0 radical (unpaired) electrons. The number of thiazole rings is 1. The first kappa shape index (κ1) is 20.1. The zero-order valence-electron chi connectivity index (χ0n) is 16.1. The zero-order valence-corrected chi connectivity index (χ0v) is 17.7. The van der Waals surface area contributed by atoms with Crippen LogP contribution < -0.4 is 10.6 Å². The van der Waals surface area contributed by atoms with E-state index in [1.54, 1.807) is 41.7 Å². The highest BCUT2D eigenvalue weighted by Gasteiger charge is 2.14. The summed E-state index contributed by atoms with van der Waals surface area (Å²) in [5, 5.41) is 6.63. The molecule has 2 N–H and O–H groups in total. The second-order valence-corrected chi connectivity index (χ2v) is 8.23. The lowest BCUT2D eigenvalue weighted by Crippen LogP contribution is -2.35. The lowest BCUT2D eigenvalue weighted by Gasteiger charge is -2.08. The number of nitrogens with zero attached hydrogens (tertiary/aromatic N) is 1. The molecule has 0 saturated heterocycles. The van der Waals surface area contributed by atoms with E-state index in [1.807, 2.05) is 30.3 Å². The van der Waals surface area contributed by atoms with Crippen LogP contribution in [0.3, 0.4) is 0 Å². The van der Waals surface area contributed by atoms with Crippen molar-refractivity contribution >= 4 is 50.7 Å². The van der Waals surface area contributed by atoms with Crippen molar-refractivity contribution in [3.8, 4) is 10.6 Å². The van der Waals surface area contributed by atoms with Crippen molar-refractivity contribution in [3.05, 3.63) is 82.9 Å². The highest BCUT2D eigenvalue weighted by molar-refractivity contribution is 7.21. The molecule has 30 heavy (non-hydrogen) atoms. The third-order valence-corrected chi connectivity index (χ3v) is 5.97. The Balaban J connectivity index is 1.39. The van der Waals surface area contributed by atoms with Crippen molar-refractivity contribution in [1.82, 2.24) is 10.3 Å². The molecule has 0 atom stereocenters. The van der Waals surface area contributed by atoms with E-state index in [1.165, 1.54) is 5.56 Å². The maximum atomic E-state index is 12.2. The molecule has 0 bridgehead atoms. The molecule has 2 amide bonds. The van der Waals surface area contributed by atoms with Crippen molar-refractivity contribution < 1.29 is 9.59 Å². The number of anilines is 1. The van der Waals surface area contributed by atoms with Gasteiger partial charge in [0.15, 0.2) is 0 Å². The number of nitrogens with one attached hydrogen (secondary N) is 2. The number of benzene rings is 3. The van der Waals surface area contributed by atoms with Gasteiger partial charge >= 0.3 is 11.8 Å². The SMILES string of the molecule is Cc1ccc2nc(-c3ccc(NC(=O)C(=O)NCc4ccccc4Cl)cc3)sc2c1. The van der Waals surface area contributed by atoms with E-state index in [2.05, 4.69) is 28.6 Å². The van der Waals surface area contributed by atoms with Gasteiger partial charge in [0.1, 0.15) is 5.01 Å². The van der Waals surface area contributed by atoms with Crippen molar-refractivity contribution in [3.63, 3.8) is 0 Å². The number of aromatic nitrogens is 1. The highest BCUT2D eigenvalue weighted by atomic mass is 35.5. The lowest BCUT2D eigenvalue weighted by molar-refractivity contribution is -0.136. The van der Waals surface area contributed by atoms with Gasteiger partial charge in [0.2, 0.25) is 0 Å². The van der Waals surface area contributed by atoms with E-state index in [0.29, 0.717) is 10.7 Å². The molecule has 1 aromatic heterocycles. The van der Waals surface area contributed by atoms with Gasteiger partial charge in [0.05, 0.1) is 10.2 Å².